The van der Waals surface area contributed by atoms with Gasteiger partial charge in [-0.05, 0) is 25.0 Å². The summed E-state index contributed by atoms with van der Waals surface area (Å²) in [7, 11) is 0. The lowest BCUT2D eigenvalue weighted by Gasteiger charge is -2.07. The largest absolute Gasteiger partial charge is 0.458 e. The summed E-state index contributed by atoms with van der Waals surface area (Å²) in [5, 5.41) is 0.877. The first kappa shape index (κ1) is 11.7. The first-order chi connectivity index (χ1) is 8.83. The van der Waals surface area contributed by atoms with E-state index in [0.29, 0.717) is 6.61 Å². The van der Waals surface area contributed by atoms with Crippen molar-refractivity contribution >= 4 is 27.5 Å². The zero-order chi connectivity index (χ0) is 12.4. The quantitative estimate of drug-likeness (QED) is 0.793. The third kappa shape index (κ3) is 2.38. The van der Waals surface area contributed by atoms with E-state index in [1.165, 1.54) is 0 Å². The van der Waals surface area contributed by atoms with Crippen LogP contribution in [0.4, 0.5) is 0 Å². The lowest BCUT2D eigenvalue weighted by atomic mass is 10.1. The third-order valence-corrected chi connectivity index (χ3v) is 4.37. The number of para-hydroxylation sites is 1. The van der Waals surface area contributed by atoms with Gasteiger partial charge in [0.1, 0.15) is 11.6 Å². The van der Waals surface area contributed by atoms with E-state index >= 15 is 0 Å². The molecule has 1 aliphatic rings. The summed E-state index contributed by atoms with van der Waals surface area (Å²) in [6.45, 7) is 0.314. The van der Waals surface area contributed by atoms with Gasteiger partial charge in [0.2, 0.25) is 0 Å². The molecule has 3 nitrogen and oxygen atoms in total. The van der Waals surface area contributed by atoms with Gasteiger partial charge in [0.05, 0.1) is 16.1 Å². The molecule has 0 atom stereocenters. The van der Waals surface area contributed by atoms with E-state index in [9.17, 15) is 4.79 Å². The van der Waals surface area contributed by atoms with Crippen molar-refractivity contribution in [1.82, 2.24) is 4.98 Å². The van der Waals surface area contributed by atoms with E-state index in [-0.39, 0.29) is 11.9 Å². The van der Waals surface area contributed by atoms with Gasteiger partial charge in [-0.3, -0.25) is 4.79 Å². The van der Waals surface area contributed by atoms with E-state index in [1.807, 2.05) is 24.3 Å². The molecule has 1 aromatic carbocycles. The topological polar surface area (TPSA) is 39.2 Å². The van der Waals surface area contributed by atoms with Gasteiger partial charge < -0.3 is 4.74 Å². The number of benzene rings is 1. The minimum absolute atomic E-state index is 0.0493. The molecular formula is C14H15NO2S. The molecule has 0 N–H and O–H groups in total. The predicted molar refractivity (Wildman–Crippen MR) is 71.4 cm³/mol. The Morgan fingerprint density at radius 1 is 1.33 bits per heavy atom. The maximum Gasteiger partial charge on any atom is 0.309 e. The maximum absolute atomic E-state index is 11.8. The van der Waals surface area contributed by atoms with E-state index in [4.69, 9.17) is 4.74 Å². The van der Waals surface area contributed by atoms with Crippen molar-refractivity contribution in [3.8, 4) is 0 Å². The van der Waals surface area contributed by atoms with Crippen LogP contribution in [0.3, 0.4) is 0 Å². The second-order valence-electron chi connectivity index (χ2n) is 4.66. The molecule has 1 aromatic heterocycles. The van der Waals surface area contributed by atoms with Crippen LogP contribution in [0.25, 0.3) is 10.2 Å². The highest BCUT2D eigenvalue weighted by Crippen LogP contribution is 2.27. The summed E-state index contributed by atoms with van der Waals surface area (Å²) in [4.78, 5) is 16.2. The summed E-state index contributed by atoms with van der Waals surface area (Å²) >= 11 is 1.59. The number of esters is 1. The molecule has 0 spiro atoms. The maximum atomic E-state index is 11.8. The second kappa shape index (κ2) is 5.06. The number of fused-ring (bicyclic) bond motifs is 1. The van der Waals surface area contributed by atoms with Crippen molar-refractivity contribution in [1.29, 1.82) is 0 Å². The number of aromatic nitrogens is 1. The lowest BCUT2D eigenvalue weighted by molar-refractivity contribution is -0.149. The van der Waals surface area contributed by atoms with E-state index in [0.717, 1.165) is 40.9 Å². The summed E-state index contributed by atoms with van der Waals surface area (Å²) in [6.07, 6.45) is 4.28. The monoisotopic (exact) mass is 261 g/mol. The number of thiazole rings is 1. The molecule has 94 valence electrons. The van der Waals surface area contributed by atoms with Crippen LogP contribution in [0.5, 0.6) is 0 Å². The Balaban J connectivity index is 1.63. The van der Waals surface area contributed by atoms with Gasteiger partial charge in [-0.2, -0.15) is 0 Å². The summed E-state index contributed by atoms with van der Waals surface area (Å²) in [5.74, 6) is 0.0751. The van der Waals surface area contributed by atoms with Crippen molar-refractivity contribution in [2.45, 2.75) is 32.3 Å². The van der Waals surface area contributed by atoms with Gasteiger partial charge in [0.15, 0.2) is 0 Å². The van der Waals surface area contributed by atoms with Crippen molar-refractivity contribution < 1.29 is 9.53 Å². The summed E-state index contributed by atoms with van der Waals surface area (Å²) in [5.41, 5.74) is 0.981. The SMILES string of the molecule is O=C(OCc1nc2ccccc2s1)C1CCCC1. The van der Waals surface area contributed by atoms with Crippen molar-refractivity contribution in [2.24, 2.45) is 5.92 Å². The summed E-state index contributed by atoms with van der Waals surface area (Å²) in [6, 6.07) is 7.98. The Morgan fingerprint density at radius 2 is 2.11 bits per heavy atom. The van der Waals surface area contributed by atoms with Crippen LogP contribution in [0.15, 0.2) is 24.3 Å². The molecular weight excluding hydrogens is 246 g/mol. The fourth-order valence-electron chi connectivity index (χ4n) is 2.39. The Hall–Kier alpha value is -1.42. The van der Waals surface area contributed by atoms with Crippen LogP contribution in [-0.4, -0.2) is 11.0 Å². The molecule has 0 radical (unpaired) electrons. The number of nitrogens with zero attached hydrogens (tertiary/aromatic N) is 1. The number of ether oxygens (including phenoxy) is 1. The normalized spacial score (nSPS) is 16.2. The average Bonchev–Trinajstić information content (AvgIpc) is 3.04. The molecule has 0 unspecified atom stereocenters. The number of carbonyl (C=O) groups is 1. The third-order valence-electron chi connectivity index (χ3n) is 3.36. The molecule has 1 saturated carbocycles. The summed E-state index contributed by atoms with van der Waals surface area (Å²) < 4.78 is 6.49. The Labute approximate surface area is 110 Å². The number of hydrogen-bond donors (Lipinski definition) is 0. The molecule has 18 heavy (non-hydrogen) atoms. The molecule has 1 heterocycles. The minimum atomic E-state index is -0.0493. The fourth-order valence-corrected chi connectivity index (χ4v) is 3.27. The van der Waals surface area contributed by atoms with Gasteiger partial charge in [-0.25, -0.2) is 4.98 Å². The van der Waals surface area contributed by atoms with Crippen molar-refractivity contribution in [3.05, 3.63) is 29.3 Å². The van der Waals surface area contributed by atoms with Crippen LogP contribution in [0.1, 0.15) is 30.7 Å². The number of hydrogen-bond acceptors (Lipinski definition) is 4. The highest BCUT2D eigenvalue weighted by atomic mass is 32.1. The molecule has 0 bridgehead atoms. The number of rotatable bonds is 3. The molecule has 0 amide bonds. The molecule has 1 aliphatic carbocycles. The first-order valence-corrected chi connectivity index (χ1v) is 7.15. The van der Waals surface area contributed by atoms with Crippen LogP contribution < -0.4 is 0 Å². The smallest absolute Gasteiger partial charge is 0.309 e. The average molecular weight is 261 g/mol. The van der Waals surface area contributed by atoms with Crippen molar-refractivity contribution in [2.75, 3.05) is 0 Å². The van der Waals surface area contributed by atoms with Gasteiger partial charge in [-0.1, -0.05) is 25.0 Å². The fraction of sp³-hybridized carbons (Fsp3) is 0.429. The Bertz CT molecular complexity index is 525. The minimum Gasteiger partial charge on any atom is -0.458 e. The highest BCUT2D eigenvalue weighted by Gasteiger charge is 2.24. The van der Waals surface area contributed by atoms with Gasteiger partial charge in [-0.15, -0.1) is 11.3 Å². The van der Waals surface area contributed by atoms with E-state index in [2.05, 4.69) is 4.98 Å². The Morgan fingerprint density at radius 3 is 2.89 bits per heavy atom. The zero-order valence-corrected chi connectivity index (χ0v) is 10.9. The van der Waals surface area contributed by atoms with Crippen LogP contribution in [0.2, 0.25) is 0 Å². The first-order valence-electron chi connectivity index (χ1n) is 6.34. The van der Waals surface area contributed by atoms with Crippen LogP contribution in [-0.2, 0) is 16.1 Å². The zero-order valence-electron chi connectivity index (χ0n) is 10.1. The predicted octanol–water partition coefficient (Wildman–Crippen LogP) is 3.53. The van der Waals surface area contributed by atoms with Gasteiger partial charge in [0.25, 0.3) is 0 Å². The molecule has 2 aromatic rings. The Kier molecular flexibility index (Phi) is 3.28. The molecule has 0 aliphatic heterocycles. The van der Waals surface area contributed by atoms with Gasteiger partial charge >= 0.3 is 5.97 Å². The van der Waals surface area contributed by atoms with E-state index in [1.54, 1.807) is 11.3 Å². The molecule has 3 rings (SSSR count). The molecule has 4 heteroatoms. The number of carbonyl (C=O) groups excluding carboxylic acids is 1. The standard InChI is InChI=1S/C14H15NO2S/c16-14(10-5-1-2-6-10)17-9-13-15-11-7-3-4-8-12(11)18-13/h3-4,7-8,10H,1-2,5-6,9H2. The van der Waals surface area contributed by atoms with Crippen LogP contribution >= 0.6 is 11.3 Å². The van der Waals surface area contributed by atoms with Gasteiger partial charge in [0, 0.05) is 0 Å². The van der Waals surface area contributed by atoms with Crippen molar-refractivity contribution in [3.63, 3.8) is 0 Å². The van der Waals surface area contributed by atoms with Crippen LogP contribution in [0, 0.1) is 5.92 Å². The highest BCUT2D eigenvalue weighted by molar-refractivity contribution is 7.18. The molecule has 0 saturated heterocycles. The molecule has 1 fully saturated rings. The second-order valence-corrected chi connectivity index (χ2v) is 5.78. The lowest BCUT2D eigenvalue weighted by Crippen LogP contribution is -2.14. The van der Waals surface area contributed by atoms with E-state index < -0.39 is 0 Å².